The van der Waals surface area contributed by atoms with Crippen LogP contribution in [0.2, 0.25) is 0 Å². The molecule has 2 N–H and O–H groups in total. The highest BCUT2D eigenvalue weighted by molar-refractivity contribution is 9.10. The van der Waals surface area contributed by atoms with E-state index in [0.29, 0.717) is 6.04 Å². The topological polar surface area (TPSA) is 47.7 Å². The van der Waals surface area contributed by atoms with E-state index in [4.69, 9.17) is 15.2 Å². The number of morpholine rings is 1. The number of ether oxygens (including phenoxy) is 2. The van der Waals surface area contributed by atoms with Crippen molar-refractivity contribution in [3.63, 3.8) is 0 Å². The molecule has 1 aliphatic heterocycles. The zero-order valence-corrected chi connectivity index (χ0v) is 14.6. The first-order valence-corrected chi connectivity index (χ1v) is 8.24. The maximum absolute atomic E-state index is 6.39. The smallest absolute Gasteiger partial charge is 0.122 e. The molecule has 0 aliphatic carbocycles. The van der Waals surface area contributed by atoms with Crippen molar-refractivity contribution >= 4 is 15.9 Å². The highest BCUT2D eigenvalue weighted by Gasteiger charge is 2.27. The molecule has 5 heteroatoms. The van der Waals surface area contributed by atoms with Crippen molar-refractivity contribution < 1.29 is 9.47 Å². The molecule has 0 amide bonds. The number of nitrogens with two attached hydrogens (primary N) is 1. The van der Waals surface area contributed by atoms with Gasteiger partial charge in [0.25, 0.3) is 0 Å². The highest BCUT2D eigenvalue weighted by Crippen LogP contribution is 2.25. The number of benzene rings is 1. The van der Waals surface area contributed by atoms with Gasteiger partial charge in [-0.15, -0.1) is 0 Å². The van der Waals surface area contributed by atoms with Crippen LogP contribution in [-0.4, -0.2) is 49.9 Å². The number of methoxy groups -OCH3 is 1. The Hall–Kier alpha value is -0.620. The molecule has 2 atom stereocenters. The molecule has 4 nitrogen and oxygen atoms in total. The third kappa shape index (κ3) is 4.42. The van der Waals surface area contributed by atoms with Gasteiger partial charge < -0.3 is 15.2 Å². The van der Waals surface area contributed by atoms with Gasteiger partial charge in [0.1, 0.15) is 5.75 Å². The third-order valence-corrected chi connectivity index (χ3v) is 4.52. The van der Waals surface area contributed by atoms with Crippen LogP contribution in [0.3, 0.4) is 0 Å². The van der Waals surface area contributed by atoms with E-state index in [1.807, 2.05) is 12.1 Å². The molecule has 1 heterocycles. The minimum Gasteiger partial charge on any atom is -0.496 e. The number of nitrogens with zero attached hydrogens (tertiary/aromatic N) is 1. The molecule has 0 spiro atoms. The second-order valence-electron chi connectivity index (χ2n) is 5.82. The fourth-order valence-electron chi connectivity index (χ4n) is 2.72. The molecule has 1 aromatic rings. The van der Waals surface area contributed by atoms with Gasteiger partial charge in [0, 0.05) is 29.6 Å². The van der Waals surface area contributed by atoms with Crippen LogP contribution >= 0.6 is 15.9 Å². The van der Waals surface area contributed by atoms with E-state index < -0.39 is 0 Å². The van der Waals surface area contributed by atoms with E-state index in [1.54, 1.807) is 7.11 Å². The van der Waals surface area contributed by atoms with Crippen molar-refractivity contribution in [1.82, 2.24) is 4.90 Å². The van der Waals surface area contributed by atoms with Gasteiger partial charge in [-0.3, -0.25) is 4.90 Å². The Morgan fingerprint density at radius 2 is 2.24 bits per heavy atom. The van der Waals surface area contributed by atoms with Crippen LogP contribution in [0, 0.1) is 0 Å². The molecule has 0 radical (unpaired) electrons. The summed E-state index contributed by atoms with van der Waals surface area (Å²) in [4.78, 5) is 2.42. The summed E-state index contributed by atoms with van der Waals surface area (Å²) in [6.07, 6.45) is 0.823. The Kier molecular flexibility index (Phi) is 6.05. The van der Waals surface area contributed by atoms with Crippen molar-refractivity contribution in [2.75, 3.05) is 26.8 Å². The average Bonchev–Trinajstić information content (AvgIpc) is 2.47. The van der Waals surface area contributed by atoms with Crippen LogP contribution in [0.25, 0.3) is 0 Å². The molecular formula is C16H25BrN2O2. The van der Waals surface area contributed by atoms with Gasteiger partial charge in [-0.05, 0) is 44.0 Å². The van der Waals surface area contributed by atoms with Gasteiger partial charge in [-0.25, -0.2) is 0 Å². The summed E-state index contributed by atoms with van der Waals surface area (Å²) in [6, 6.07) is 6.51. The quantitative estimate of drug-likeness (QED) is 0.879. The van der Waals surface area contributed by atoms with Crippen molar-refractivity contribution in [1.29, 1.82) is 0 Å². The van der Waals surface area contributed by atoms with Crippen LogP contribution in [0.15, 0.2) is 22.7 Å². The van der Waals surface area contributed by atoms with Crippen LogP contribution in [-0.2, 0) is 11.2 Å². The van der Waals surface area contributed by atoms with Gasteiger partial charge in [0.2, 0.25) is 0 Å². The molecule has 21 heavy (non-hydrogen) atoms. The van der Waals surface area contributed by atoms with E-state index in [0.717, 1.165) is 41.9 Å². The average molecular weight is 357 g/mol. The van der Waals surface area contributed by atoms with E-state index in [9.17, 15) is 0 Å². The van der Waals surface area contributed by atoms with Crippen molar-refractivity contribution in [3.05, 3.63) is 28.2 Å². The van der Waals surface area contributed by atoms with Crippen molar-refractivity contribution in [3.8, 4) is 5.75 Å². The Bertz CT molecular complexity index is 468. The molecule has 0 aromatic heterocycles. The normalized spacial score (nSPS) is 21.5. The molecule has 1 aliphatic rings. The van der Waals surface area contributed by atoms with E-state index >= 15 is 0 Å². The van der Waals surface area contributed by atoms with Gasteiger partial charge in [0.15, 0.2) is 0 Å². The lowest BCUT2D eigenvalue weighted by molar-refractivity contribution is -0.0495. The Labute approximate surface area is 135 Å². The molecule has 1 fully saturated rings. The van der Waals surface area contributed by atoms with Gasteiger partial charge >= 0.3 is 0 Å². The molecule has 2 unspecified atom stereocenters. The first kappa shape index (κ1) is 16.7. The minimum atomic E-state index is -0.0326. The lowest BCUT2D eigenvalue weighted by Gasteiger charge is -2.38. The maximum Gasteiger partial charge on any atom is 0.122 e. The lowest BCUT2D eigenvalue weighted by Crippen LogP contribution is -2.53. The van der Waals surface area contributed by atoms with Crippen molar-refractivity contribution in [2.45, 2.75) is 38.5 Å². The van der Waals surface area contributed by atoms with Gasteiger partial charge in [-0.2, -0.15) is 0 Å². The summed E-state index contributed by atoms with van der Waals surface area (Å²) in [5, 5.41) is 0. The summed E-state index contributed by atoms with van der Waals surface area (Å²) in [6.45, 7) is 7.07. The first-order valence-electron chi connectivity index (χ1n) is 7.45. The predicted octanol–water partition coefficient (Wildman–Crippen LogP) is 2.44. The van der Waals surface area contributed by atoms with E-state index in [2.05, 4.69) is 40.7 Å². The zero-order valence-electron chi connectivity index (χ0n) is 13.0. The largest absolute Gasteiger partial charge is 0.496 e. The van der Waals surface area contributed by atoms with Crippen LogP contribution in [0.5, 0.6) is 5.75 Å². The second-order valence-corrected chi connectivity index (χ2v) is 6.74. The maximum atomic E-state index is 6.39. The third-order valence-electron chi connectivity index (χ3n) is 4.03. The zero-order chi connectivity index (χ0) is 15.4. The Morgan fingerprint density at radius 3 is 2.90 bits per heavy atom. The molecule has 0 bridgehead atoms. The van der Waals surface area contributed by atoms with E-state index in [-0.39, 0.29) is 12.1 Å². The number of halogens is 1. The number of rotatable bonds is 5. The SMILES string of the molecule is COc1ccc(Br)cc1CC(N)C1CN(C(C)C)CCO1. The molecular weight excluding hydrogens is 332 g/mol. The Morgan fingerprint density at radius 1 is 1.48 bits per heavy atom. The monoisotopic (exact) mass is 356 g/mol. The summed E-state index contributed by atoms with van der Waals surface area (Å²) >= 11 is 3.50. The summed E-state index contributed by atoms with van der Waals surface area (Å²) in [7, 11) is 1.69. The van der Waals surface area contributed by atoms with Gasteiger partial charge in [0.05, 0.1) is 19.8 Å². The first-order chi connectivity index (χ1) is 10.0. The highest BCUT2D eigenvalue weighted by atomic mass is 79.9. The fraction of sp³-hybridized carbons (Fsp3) is 0.625. The summed E-state index contributed by atoms with van der Waals surface area (Å²) < 4.78 is 12.3. The standard InChI is InChI=1S/C16H25BrN2O2/c1-11(2)19-6-7-21-16(10-19)14(18)9-12-8-13(17)4-5-15(12)20-3/h4-5,8,11,14,16H,6-7,9-10,18H2,1-3H3. The molecule has 1 saturated heterocycles. The number of hydrogen-bond donors (Lipinski definition) is 1. The van der Waals surface area contributed by atoms with Gasteiger partial charge in [-0.1, -0.05) is 15.9 Å². The van der Waals surface area contributed by atoms with Crippen LogP contribution in [0.1, 0.15) is 19.4 Å². The van der Waals surface area contributed by atoms with Crippen LogP contribution < -0.4 is 10.5 Å². The minimum absolute atomic E-state index is 0.0326. The fourth-order valence-corrected chi connectivity index (χ4v) is 3.13. The molecule has 1 aromatic carbocycles. The Balaban J connectivity index is 2.03. The summed E-state index contributed by atoms with van der Waals surface area (Å²) in [5.74, 6) is 0.880. The molecule has 118 valence electrons. The van der Waals surface area contributed by atoms with Crippen LogP contribution in [0.4, 0.5) is 0 Å². The van der Waals surface area contributed by atoms with Crippen molar-refractivity contribution in [2.24, 2.45) is 5.73 Å². The van der Waals surface area contributed by atoms with E-state index in [1.165, 1.54) is 0 Å². The number of hydrogen-bond acceptors (Lipinski definition) is 4. The lowest BCUT2D eigenvalue weighted by atomic mass is 9.99. The predicted molar refractivity (Wildman–Crippen MR) is 88.8 cm³/mol. The second kappa shape index (κ2) is 7.58. The molecule has 2 rings (SSSR count). The summed E-state index contributed by atoms with van der Waals surface area (Å²) in [5.41, 5.74) is 7.51. The molecule has 0 saturated carbocycles.